The normalized spacial score (nSPS) is 29.4. The molecule has 8 nitrogen and oxygen atoms in total. The number of nitrogens with zero attached hydrogens (tertiary/aromatic N) is 4. The lowest BCUT2D eigenvalue weighted by Crippen LogP contribution is -2.55. The van der Waals surface area contributed by atoms with Crippen LogP contribution in [0.5, 0.6) is 11.5 Å². The van der Waals surface area contributed by atoms with Gasteiger partial charge in [-0.05, 0) is 148 Å². The number of hydrogen-bond donors (Lipinski definition) is 2. The molecular weight excluding hydrogens is 649 g/mol. The van der Waals surface area contributed by atoms with Gasteiger partial charge in [-0.3, -0.25) is 19.8 Å². The first-order valence-corrected chi connectivity index (χ1v) is 20.4. The fraction of sp³-hybridized carbons (Fsp3) is 0.591. The van der Waals surface area contributed by atoms with E-state index in [0.29, 0.717) is 13.2 Å². The fourth-order valence-electron chi connectivity index (χ4n) is 10.3. The zero-order valence-electron chi connectivity index (χ0n) is 31.2. The number of ether oxygens (including phenoxy) is 2. The third-order valence-corrected chi connectivity index (χ3v) is 13.4. The zero-order valence-corrected chi connectivity index (χ0v) is 31.2. The van der Waals surface area contributed by atoms with Gasteiger partial charge in [-0.25, -0.2) is 0 Å². The van der Waals surface area contributed by atoms with Crippen LogP contribution in [0.1, 0.15) is 101 Å². The molecule has 6 saturated heterocycles. The minimum atomic E-state index is -0.521. The molecule has 278 valence electrons. The Hall–Kier alpha value is -3.30. The fourth-order valence-corrected chi connectivity index (χ4v) is 10.3. The first-order chi connectivity index (χ1) is 25.5. The van der Waals surface area contributed by atoms with Crippen LogP contribution in [0.15, 0.2) is 60.9 Å². The molecule has 2 aromatic carbocycles. The molecule has 10 rings (SSSR count). The lowest BCUT2D eigenvalue weighted by atomic mass is 9.72. The molecule has 2 N–H and O–H groups in total. The molecule has 8 heterocycles. The van der Waals surface area contributed by atoms with Crippen molar-refractivity contribution in [1.82, 2.24) is 19.8 Å². The van der Waals surface area contributed by atoms with Crippen molar-refractivity contribution in [2.45, 2.75) is 102 Å². The highest BCUT2D eigenvalue weighted by molar-refractivity contribution is 5.84. The highest BCUT2D eigenvalue weighted by atomic mass is 16.5. The molecule has 10 atom stereocenters. The van der Waals surface area contributed by atoms with Gasteiger partial charge in [0.1, 0.15) is 11.5 Å². The summed E-state index contributed by atoms with van der Waals surface area (Å²) < 4.78 is 12.4. The Morgan fingerprint density at radius 1 is 0.654 bits per heavy atom. The first kappa shape index (κ1) is 35.7. The summed E-state index contributed by atoms with van der Waals surface area (Å²) in [6, 6.07) is 16.5. The number of aliphatic hydroxyl groups is 2. The van der Waals surface area contributed by atoms with Gasteiger partial charge in [-0.2, -0.15) is 0 Å². The van der Waals surface area contributed by atoms with Gasteiger partial charge >= 0.3 is 0 Å². The predicted molar refractivity (Wildman–Crippen MR) is 207 cm³/mol. The monoisotopic (exact) mass is 706 g/mol. The van der Waals surface area contributed by atoms with E-state index in [0.717, 1.165) is 133 Å². The van der Waals surface area contributed by atoms with Crippen molar-refractivity contribution in [3.05, 3.63) is 72.1 Å². The molecule has 0 radical (unpaired) electrons. The van der Waals surface area contributed by atoms with E-state index in [1.54, 1.807) is 0 Å². The van der Waals surface area contributed by atoms with Gasteiger partial charge in [0.2, 0.25) is 0 Å². The zero-order chi connectivity index (χ0) is 35.6. The van der Waals surface area contributed by atoms with Crippen LogP contribution in [-0.4, -0.2) is 81.5 Å². The number of aromatic nitrogens is 2. The van der Waals surface area contributed by atoms with E-state index in [1.165, 1.54) is 25.7 Å². The van der Waals surface area contributed by atoms with Gasteiger partial charge in [0, 0.05) is 48.3 Å². The Morgan fingerprint density at radius 3 is 1.52 bits per heavy atom. The van der Waals surface area contributed by atoms with E-state index in [2.05, 4.69) is 45.7 Å². The second-order valence-corrected chi connectivity index (χ2v) is 16.2. The summed E-state index contributed by atoms with van der Waals surface area (Å²) in [4.78, 5) is 14.2. The Labute approximate surface area is 309 Å². The number of rotatable bonds is 15. The molecule has 4 unspecified atom stereocenters. The minimum Gasteiger partial charge on any atom is -0.494 e. The Kier molecular flexibility index (Phi) is 11.0. The van der Waals surface area contributed by atoms with Crippen LogP contribution in [-0.2, 0) is 0 Å². The number of fused-ring (bicyclic) bond motifs is 8. The molecule has 6 aliphatic rings. The molecule has 8 heteroatoms. The summed E-state index contributed by atoms with van der Waals surface area (Å²) >= 11 is 0. The van der Waals surface area contributed by atoms with Crippen molar-refractivity contribution in [2.75, 3.05) is 39.4 Å². The van der Waals surface area contributed by atoms with Crippen molar-refractivity contribution in [3.8, 4) is 11.5 Å². The topological polar surface area (TPSA) is 91.2 Å². The lowest BCUT2D eigenvalue weighted by molar-refractivity contribution is -0.0562. The summed E-state index contributed by atoms with van der Waals surface area (Å²) in [7, 11) is 0. The summed E-state index contributed by atoms with van der Waals surface area (Å²) in [6.45, 7) is 10.3. The van der Waals surface area contributed by atoms with Gasteiger partial charge in [0.15, 0.2) is 0 Å². The molecule has 6 fully saturated rings. The van der Waals surface area contributed by atoms with E-state index in [9.17, 15) is 10.2 Å². The standard InChI is InChI=1S/C44H58N4O4/c1-3-29-27-47-19-15-31(29)23-41(47)43(49)35-13-17-45-39-11-9-33(25-37(35)39)51-21-7-5-6-8-22-52-34-10-12-40-38(26-34)36(14-18-46-40)44(50)42-24-32-16-20-48(42)28-30(32)4-2/h9-14,17-18,25-26,29-32,41-44,49-50H,3-8,15-16,19-24,27-28H2,1-2H3/t29-,30+,31-,32+,41-,42-,43?,44?/m1/s1. The number of unbranched alkanes of at least 4 members (excludes halogenated alkanes) is 3. The number of benzene rings is 2. The van der Waals surface area contributed by atoms with E-state index in [4.69, 9.17) is 9.47 Å². The average molecular weight is 707 g/mol. The molecule has 4 aromatic rings. The lowest BCUT2D eigenvalue weighted by Gasteiger charge is -2.51. The van der Waals surface area contributed by atoms with E-state index in [1.807, 2.05) is 48.8 Å². The molecule has 0 saturated carbocycles. The van der Waals surface area contributed by atoms with E-state index < -0.39 is 12.2 Å². The highest BCUT2D eigenvalue weighted by Crippen LogP contribution is 2.44. The summed E-state index contributed by atoms with van der Waals surface area (Å²) in [5, 5.41) is 25.3. The van der Waals surface area contributed by atoms with Crippen molar-refractivity contribution >= 4 is 21.8 Å². The Morgan fingerprint density at radius 2 is 1.12 bits per heavy atom. The quantitative estimate of drug-likeness (QED) is 0.120. The summed E-state index contributed by atoms with van der Waals surface area (Å²) in [5.74, 6) is 4.66. The smallest absolute Gasteiger partial charge is 0.120 e. The Balaban J connectivity index is 0.803. The molecule has 0 spiro atoms. The molecule has 4 bridgehead atoms. The second kappa shape index (κ2) is 16.0. The molecule has 0 amide bonds. The third kappa shape index (κ3) is 7.29. The average Bonchev–Trinajstić information content (AvgIpc) is 3.20. The van der Waals surface area contributed by atoms with Crippen molar-refractivity contribution in [1.29, 1.82) is 0 Å². The number of pyridine rings is 2. The maximum absolute atomic E-state index is 11.6. The first-order valence-electron chi connectivity index (χ1n) is 20.4. The van der Waals surface area contributed by atoms with Crippen LogP contribution < -0.4 is 9.47 Å². The van der Waals surface area contributed by atoms with Gasteiger partial charge in [-0.15, -0.1) is 0 Å². The third-order valence-electron chi connectivity index (χ3n) is 13.4. The van der Waals surface area contributed by atoms with Gasteiger partial charge in [0.05, 0.1) is 36.5 Å². The number of piperidine rings is 6. The van der Waals surface area contributed by atoms with E-state index >= 15 is 0 Å². The van der Waals surface area contributed by atoms with Crippen LogP contribution in [0.4, 0.5) is 0 Å². The molecular formula is C44H58N4O4. The van der Waals surface area contributed by atoms with Crippen molar-refractivity contribution in [3.63, 3.8) is 0 Å². The Bertz CT molecular complexity index is 1690. The molecule has 2 aromatic heterocycles. The largest absolute Gasteiger partial charge is 0.494 e. The molecule has 0 aliphatic carbocycles. The molecule has 6 aliphatic heterocycles. The summed E-state index contributed by atoms with van der Waals surface area (Å²) in [6.07, 6.45) is 13.8. The van der Waals surface area contributed by atoms with Crippen LogP contribution in [0, 0.1) is 23.7 Å². The van der Waals surface area contributed by atoms with Gasteiger partial charge in [-0.1, -0.05) is 26.7 Å². The van der Waals surface area contributed by atoms with Crippen molar-refractivity contribution in [2.24, 2.45) is 23.7 Å². The summed E-state index contributed by atoms with van der Waals surface area (Å²) in [5.41, 5.74) is 3.74. The SMILES string of the molecule is CC[C@@H]1CN2CC[C@@H]1C[C@@H]2C(O)c1ccnc2ccc(OCCCCCCOc3ccc4nccc(C(O)[C@H]5C[C@@H]6CCN5C[C@@H]6CC)c4c3)cc12. The van der Waals surface area contributed by atoms with Gasteiger partial charge in [0.25, 0.3) is 0 Å². The van der Waals surface area contributed by atoms with Crippen molar-refractivity contribution < 1.29 is 19.7 Å². The van der Waals surface area contributed by atoms with Crippen LogP contribution >= 0.6 is 0 Å². The van der Waals surface area contributed by atoms with Crippen LogP contribution in [0.25, 0.3) is 21.8 Å². The van der Waals surface area contributed by atoms with E-state index in [-0.39, 0.29) is 12.1 Å². The maximum atomic E-state index is 11.6. The second-order valence-electron chi connectivity index (χ2n) is 16.2. The minimum absolute atomic E-state index is 0.179. The molecule has 52 heavy (non-hydrogen) atoms. The highest BCUT2D eigenvalue weighted by Gasteiger charge is 2.44. The maximum Gasteiger partial charge on any atom is 0.120 e. The predicted octanol–water partition coefficient (Wildman–Crippen LogP) is 8.11. The number of hydrogen-bond acceptors (Lipinski definition) is 8. The number of aliphatic hydroxyl groups excluding tert-OH is 2. The van der Waals surface area contributed by atoms with Gasteiger partial charge < -0.3 is 19.7 Å². The van der Waals surface area contributed by atoms with Crippen LogP contribution in [0.3, 0.4) is 0 Å². The van der Waals surface area contributed by atoms with Crippen LogP contribution in [0.2, 0.25) is 0 Å².